The highest BCUT2D eigenvalue weighted by Gasteiger charge is 2.43. The third kappa shape index (κ3) is 28.3. The van der Waals surface area contributed by atoms with Crippen LogP contribution >= 0.6 is 0 Å². The number of ketones is 2. The number of ether oxygens (including phenoxy) is 3. The van der Waals surface area contributed by atoms with Crippen LogP contribution in [0.15, 0.2) is 54.6 Å². The third-order valence-corrected chi connectivity index (χ3v) is 19.0. The predicted molar refractivity (Wildman–Crippen MR) is 375 cm³/mol. The summed E-state index contributed by atoms with van der Waals surface area (Å²) < 4.78 is 16.9. The molecule has 2 saturated heterocycles. The summed E-state index contributed by atoms with van der Waals surface area (Å²) >= 11 is 0. The number of likely N-dealkylation sites (N-methyl/N-ethyl adjacent to an activating group) is 2. The number of hydrogen-bond donors (Lipinski definition) is 7. The number of aliphatic carboxylic acids is 1. The first-order valence-electron chi connectivity index (χ1n) is 35.2. The Kier molecular flexibility index (Phi) is 38.3. The lowest BCUT2D eigenvalue weighted by molar-refractivity contribution is -0.197. The number of amides is 9. The highest BCUT2D eigenvalue weighted by molar-refractivity contribution is 6.01. The van der Waals surface area contributed by atoms with Gasteiger partial charge in [0.2, 0.25) is 23.6 Å². The molecule has 0 aliphatic carbocycles. The first-order chi connectivity index (χ1) is 47.3. The molecule has 0 saturated carbocycles. The number of carbonyl (C=O) groups is 12. The number of carboxylic acid groups (broad SMARTS) is 1. The van der Waals surface area contributed by atoms with Crippen molar-refractivity contribution in [2.45, 2.75) is 220 Å². The summed E-state index contributed by atoms with van der Waals surface area (Å²) in [6.07, 6.45) is 4.25. The molecular weight excluding hydrogens is 1290 g/mol. The number of hydroxylamine groups is 2. The lowest BCUT2D eigenvalue weighted by Crippen LogP contribution is -2.54. The number of likely N-dealkylation sites (tertiary alicyclic amines) is 1. The lowest BCUT2D eigenvalue weighted by Gasteiger charge is -2.41. The van der Waals surface area contributed by atoms with Gasteiger partial charge in [0.15, 0.2) is 11.6 Å². The van der Waals surface area contributed by atoms with Crippen LogP contribution in [0, 0.1) is 41.4 Å². The van der Waals surface area contributed by atoms with Crippen LogP contribution in [0.3, 0.4) is 0 Å². The molecule has 27 nitrogen and oxygen atoms in total. The van der Waals surface area contributed by atoms with Crippen LogP contribution in [0.4, 0.5) is 15.3 Å². The van der Waals surface area contributed by atoms with Crippen molar-refractivity contribution < 1.29 is 86.8 Å². The van der Waals surface area contributed by atoms with E-state index in [1.54, 1.807) is 64.1 Å². The number of methoxy groups -OCH3 is 3. The Bertz CT molecular complexity index is 2950. The van der Waals surface area contributed by atoms with Crippen molar-refractivity contribution in [1.82, 2.24) is 35.7 Å². The largest absolute Gasteiger partial charge is 0.480 e. The average molecular weight is 1410 g/mol. The van der Waals surface area contributed by atoms with Gasteiger partial charge < -0.3 is 71.0 Å². The molecule has 0 unspecified atom stereocenters. The van der Waals surface area contributed by atoms with E-state index in [1.807, 2.05) is 51.2 Å². The van der Waals surface area contributed by atoms with Gasteiger partial charge in [-0.25, -0.2) is 19.2 Å². The second-order valence-corrected chi connectivity index (χ2v) is 27.5. The van der Waals surface area contributed by atoms with Gasteiger partial charge in [0.25, 0.3) is 11.8 Å². The summed E-state index contributed by atoms with van der Waals surface area (Å²) in [5, 5.41) is 30.4. The van der Waals surface area contributed by atoms with Crippen LogP contribution < -0.4 is 27.0 Å². The van der Waals surface area contributed by atoms with Crippen LogP contribution in [0.5, 0.6) is 0 Å². The van der Waals surface area contributed by atoms with Gasteiger partial charge in [0.1, 0.15) is 6.04 Å². The fourth-order valence-corrected chi connectivity index (χ4v) is 13.0. The average Bonchev–Trinajstić information content (AvgIpc) is 1.61. The Hall–Kier alpha value is -7.88. The van der Waals surface area contributed by atoms with E-state index in [1.165, 1.54) is 19.1 Å². The van der Waals surface area contributed by atoms with Crippen molar-refractivity contribution in [2.24, 2.45) is 47.2 Å². The molecule has 9 amide bonds. The molecule has 0 aromatic heterocycles. The first-order valence-corrected chi connectivity index (χ1v) is 35.2. The number of aliphatic hydroxyl groups excluding tert-OH is 1. The Labute approximate surface area is 590 Å². The SMILES string of the molecule is CC(C)[C@H](NC(=O)CCCCCCC(=O)ON1C(=O)CCC1=O)C(=O)C[C@@H](CCCNC(N)=O)C(=O)Nc1ccc(CO)cc1.CC[C@H](C)[C@@H]([C@@H](CC(=O)N1CCC[C@H]1[C@H](OC)[C@@H](C)C(=O)N[C@@H](Cc1ccccc1)C(=O)O)OC)N(C)C[C@@H](CC(=O)[C@H](C(C)C)N(C)C(=O)OC)C(C)C. The Morgan fingerprint density at radius 1 is 0.720 bits per heavy atom. The summed E-state index contributed by atoms with van der Waals surface area (Å²) in [6.45, 7) is 18.8. The standard InChI is InChI=1S/C42H70N4O9.C31H45N5O9/c1-13-28(6)38(44(8)25-31(26(2)3)23-34(47)37(27(4)5)45(9)42(52)55-12)35(53-10)24-36(48)46-21-17-20-33(46)39(54-11)29(7)40(49)43-32(41(50)51)22-30-18-15-14-16-19-30;1-20(2)29(35-25(39)9-5-3-4-6-10-28(42)45-36-26(40)15-16-27(36)41)24(38)18-22(8-7-17-33-31(32)44)30(43)34-23-13-11-21(19-37)12-14-23/h14-16,18-19,26-29,31-33,35,37-39H,13,17,20-25H2,1-12H3,(H,43,49)(H,50,51);11-14,20,22,29,37H,3-10,15-19H2,1-2H3,(H,34,43)(H,35,39)(H3,32,33,44)/t28-,29+,31+,32-,33-,35+,37-,38-,39+;22-,29+/m01/s1. The number of carbonyl (C=O) groups excluding carboxylic acids is 11. The van der Waals surface area contributed by atoms with Crippen molar-refractivity contribution in [3.8, 4) is 0 Å². The summed E-state index contributed by atoms with van der Waals surface area (Å²) in [5.41, 5.74) is 7.10. The number of nitrogens with zero attached hydrogens (tertiary/aromatic N) is 4. The molecule has 2 aromatic rings. The fraction of sp³-hybridized carbons (Fsp3) is 0.671. The van der Waals surface area contributed by atoms with Crippen LogP contribution in [0.1, 0.15) is 176 Å². The second-order valence-electron chi connectivity index (χ2n) is 27.5. The molecule has 11 atom stereocenters. The van der Waals surface area contributed by atoms with E-state index < -0.39 is 84.0 Å². The van der Waals surface area contributed by atoms with E-state index in [-0.39, 0.29) is 135 Å². The van der Waals surface area contributed by atoms with Gasteiger partial charge in [-0.2, -0.15) is 0 Å². The van der Waals surface area contributed by atoms with Crippen molar-refractivity contribution >= 4 is 76.8 Å². The number of nitrogens with two attached hydrogens (primary N) is 1. The quantitative estimate of drug-likeness (QED) is 0.0251. The zero-order chi connectivity index (χ0) is 74.9. The fourth-order valence-electron chi connectivity index (χ4n) is 13.0. The van der Waals surface area contributed by atoms with Gasteiger partial charge in [-0.1, -0.05) is 124 Å². The molecule has 27 heteroatoms. The molecule has 8 N–H and O–H groups in total. The van der Waals surface area contributed by atoms with E-state index in [4.69, 9.17) is 24.8 Å². The zero-order valence-corrected chi connectivity index (χ0v) is 61.4. The van der Waals surface area contributed by atoms with E-state index >= 15 is 0 Å². The van der Waals surface area contributed by atoms with E-state index in [2.05, 4.69) is 53.9 Å². The summed E-state index contributed by atoms with van der Waals surface area (Å²) in [6, 6.07) is 12.1. The molecule has 2 fully saturated rings. The van der Waals surface area contributed by atoms with E-state index in [0.717, 1.165) is 18.4 Å². The van der Waals surface area contributed by atoms with Gasteiger partial charge in [-0.15, -0.1) is 5.06 Å². The molecule has 100 heavy (non-hydrogen) atoms. The number of anilines is 1. The number of Topliss-reactive ketones (excluding diaryl/α,β-unsaturated/α-hetero) is 2. The van der Waals surface area contributed by atoms with Gasteiger partial charge in [0.05, 0.1) is 56.4 Å². The highest BCUT2D eigenvalue weighted by Crippen LogP contribution is 2.32. The number of imide groups is 1. The first kappa shape index (κ1) is 86.3. The topological polar surface area (TPSA) is 369 Å². The molecular formula is C73H115N9O18. The summed E-state index contributed by atoms with van der Waals surface area (Å²) in [4.78, 5) is 161. The van der Waals surface area contributed by atoms with Crippen LogP contribution in [-0.2, 0) is 80.0 Å². The number of hydrogen-bond acceptors (Lipinski definition) is 18. The van der Waals surface area contributed by atoms with Crippen LogP contribution in [-0.4, -0.2) is 199 Å². The van der Waals surface area contributed by atoms with Crippen LogP contribution in [0.2, 0.25) is 0 Å². The molecule has 2 aliphatic rings. The molecule has 2 heterocycles. The Morgan fingerprint density at radius 3 is 1.89 bits per heavy atom. The Balaban J connectivity index is 0.000000531. The van der Waals surface area contributed by atoms with E-state index in [0.29, 0.717) is 74.3 Å². The van der Waals surface area contributed by atoms with Crippen molar-refractivity contribution in [3.63, 3.8) is 0 Å². The smallest absolute Gasteiger partial charge is 0.409 e. The number of benzene rings is 2. The zero-order valence-electron chi connectivity index (χ0n) is 61.4. The van der Waals surface area contributed by atoms with Crippen molar-refractivity contribution in [3.05, 3.63) is 65.7 Å². The molecule has 2 aromatic carbocycles. The number of unbranched alkanes of at least 4 members (excludes halogenated alkanes) is 3. The maximum absolute atomic E-state index is 14.2. The maximum Gasteiger partial charge on any atom is 0.409 e. The predicted octanol–water partition coefficient (Wildman–Crippen LogP) is 7.38. The monoisotopic (exact) mass is 1410 g/mol. The molecule has 0 radical (unpaired) electrons. The lowest BCUT2D eigenvalue weighted by atomic mass is 9.84. The third-order valence-electron chi connectivity index (χ3n) is 19.0. The van der Waals surface area contributed by atoms with Gasteiger partial charge in [0, 0.05) is 103 Å². The Morgan fingerprint density at radius 2 is 1.35 bits per heavy atom. The number of carboxylic acids is 1. The van der Waals surface area contributed by atoms with Crippen molar-refractivity contribution in [2.75, 3.05) is 60.4 Å². The second kappa shape index (κ2) is 44.4. The normalized spacial score (nSPS) is 16.8. The molecule has 0 bridgehead atoms. The van der Waals surface area contributed by atoms with Gasteiger partial charge in [-0.3, -0.25) is 38.4 Å². The summed E-state index contributed by atoms with van der Waals surface area (Å²) in [5.74, 6) is -5.84. The summed E-state index contributed by atoms with van der Waals surface area (Å²) in [7, 11) is 8.08. The van der Waals surface area contributed by atoms with Crippen LogP contribution in [0.25, 0.3) is 0 Å². The molecule has 4 rings (SSSR count). The minimum atomic E-state index is -1.13. The van der Waals surface area contributed by atoms with Gasteiger partial charge in [-0.05, 0) is 98.4 Å². The van der Waals surface area contributed by atoms with Crippen molar-refractivity contribution in [1.29, 1.82) is 0 Å². The maximum atomic E-state index is 14.2. The molecule has 2 aliphatic heterocycles. The molecule has 0 spiro atoms. The number of nitrogens with one attached hydrogen (secondary N) is 4. The van der Waals surface area contributed by atoms with E-state index in [9.17, 15) is 67.7 Å². The number of primary amides is 1. The highest BCUT2D eigenvalue weighted by atomic mass is 16.7. The number of urea groups is 1. The minimum absolute atomic E-state index is 0.0149. The van der Waals surface area contributed by atoms with Gasteiger partial charge >= 0.3 is 24.1 Å². The molecule has 560 valence electrons. The number of aliphatic hydroxyl groups is 1. The number of rotatable bonds is 43. The minimum Gasteiger partial charge on any atom is -0.480 e.